The number of rotatable bonds is 7. The molecule has 0 radical (unpaired) electrons. The van der Waals surface area contributed by atoms with Crippen molar-refractivity contribution in [3.63, 3.8) is 0 Å². The molecule has 0 bridgehead atoms. The van der Waals surface area contributed by atoms with E-state index in [1.807, 2.05) is 48.5 Å². The third kappa shape index (κ3) is 8.20. The Balaban J connectivity index is 0.000000251. The van der Waals surface area contributed by atoms with Crippen LogP contribution in [-0.2, 0) is 16.5 Å². The van der Waals surface area contributed by atoms with Crippen LogP contribution >= 0.6 is 0 Å². The zero-order valence-corrected chi connectivity index (χ0v) is 20.6. The van der Waals surface area contributed by atoms with Gasteiger partial charge in [-0.25, -0.2) is 8.42 Å². The molecular weight excluding hydrogens is 468 g/mol. The fraction of sp³-hybridized carbons (Fsp3) is 0.185. The van der Waals surface area contributed by atoms with E-state index in [9.17, 15) is 32.1 Å². The van der Waals surface area contributed by atoms with Crippen LogP contribution in [0.5, 0.6) is 0 Å². The first-order chi connectivity index (χ1) is 16.3. The lowest BCUT2D eigenvalue weighted by atomic mass is 9.99. The number of carbonyl (C=O) groups is 4. The summed E-state index contributed by atoms with van der Waals surface area (Å²) in [5.74, 6) is -0.681. The average molecular weight is 494 g/mol. The molecule has 3 rings (SSSR count). The molecule has 0 fully saturated rings. The first-order valence-corrected chi connectivity index (χ1v) is 12.0. The van der Waals surface area contributed by atoms with E-state index < -0.39 is 26.6 Å². The molecule has 0 atom stereocenters. The normalized spacial score (nSPS) is 10.7. The summed E-state index contributed by atoms with van der Waals surface area (Å²) in [4.78, 5) is 44.3. The fourth-order valence-corrected chi connectivity index (χ4v) is 3.73. The first kappa shape index (κ1) is 27.5. The van der Waals surface area contributed by atoms with E-state index in [2.05, 4.69) is 0 Å². The number of ketones is 4. The molecule has 0 aliphatic rings. The predicted octanol–water partition coefficient (Wildman–Crippen LogP) is 4.68. The molecular formula is C27H25O7S-. The molecule has 3 aromatic rings. The summed E-state index contributed by atoms with van der Waals surface area (Å²) in [5, 5.41) is 0. The summed E-state index contributed by atoms with van der Waals surface area (Å²) in [7, 11) is -4.67. The van der Waals surface area contributed by atoms with E-state index in [4.69, 9.17) is 0 Å². The fourth-order valence-electron chi connectivity index (χ4n) is 3.19. The van der Waals surface area contributed by atoms with Gasteiger partial charge in [0, 0.05) is 22.3 Å². The van der Waals surface area contributed by atoms with Gasteiger partial charge >= 0.3 is 0 Å². The number of hydrogen-bond acceptors (Lipinski definition) is 7. The minimum Gasteiger partial charge on any atom is -0.744 e. The lowest BCUT2D eigenvalue weighted by Crippen LogP contribution is -2.05. The first-order valence-electron chi connectivity index (χ1n) is 10.6. The van der Waals surface area contributed by atoms with Gasteiger partial charge in [0.1, 0.15) is 10.1 Å². The highest BCUT2D eigenvalue weighted by Crippen LogP contribution is 2.16. The summed E-state index contributed by atoms with van der Waals surface area (Å²) in [5.41, 5.74) is 3.66. The van der Waals surface area contributed by atoms with E-state index in [-0.39, 0.29) is 22.7 Å². The smallest absolute Gasteiger partial charge is 0.159 e. The van der Waals surface area contributed by atoms with Crippen molar-refractivity contribution in [2.24, 2.45) is 0 Å². The van der Waals surface area contributed by atoms with E-state index in [1.54, 1.807) is 13.8 Å². The summed E-state index contributed by atoms with van der Waals surface area (Å²) < 4.78 is 32.4. The average Bonchev–Trinajstić information content (AvgIpc) is 2.79. The summed E-state index contributed by atoms with van der Waals surface area (Å²) in [6, 6.07) is 18.4. The van der Waals surface area contributed by atoms with Gasteiger partial charge in [0.25, 0.3) is 0 Å². The van der Waals surface area contributed by atoms with Gasteiger partial charge in [0.05, 0.1) is 4.90 Å². The number of hydrogen-bond donors (Lipinski definition) is 0. The second-order valence-corrected chi connectivity index (χ2v) is 9.38. The molecule has 0 heterocycles. The van der Waals surface area contributed by atoms with Gasteiger partial charge < -0.3 is 4.55 Å². The maximum absolute atomic E-state index is 11.3. The summed E-state index contributed by atoms with van der Waals surface area (Å²) >= 11 is 0. The van der Waals surface area contributed by atoms with Crippen LogP contribution in [0.3, 0.4) is 0 Å². The SMILES string of the molecule is CC(=O)c1cc(C(C)=O)cc(S(=O)(=O)[O-])c1.CC(=O)c1cccc(Cc2cccc(C(C)=O)c2)c1. The molecule has 0 N–H and O–H groups in total. The Kier molecular flexibility index (Phi) is 9.11. The van der Waals surface area contributed by atoms with Gasteiger partial charge in [-0.05, 0) is 75.6 Å². The Morgan fingerprint density at radius 1 is 0.600 bits per heavy atom. The quantitative estimate of drug-likeness (QED) is 0.345. The Morgan fingerprint density at radius 2 is 0.971 bits per heavy atom. The van der Waals surface area contributed by atoms with Crippen LogP contribution in [0.15, 0.2) is 71.6 Å². The molecule has 35 heavy (non-hydrogen) atoms. The van der Waals surface area contributed by atoms with Crippen LogP contribution in [0.25, 0.3) is 0 Å². The lowest BCUT2D eigenvalue weighted by Gasteiger charge is -2.09. The van der Waals surface area contributed by atoms with Crippen LogP contribution in [0.1, 0.15) is 80.3 Å². The maximum Gasteiger partial charge on any atom is 0.159 e. The Hall–Kier alpha value is -3.75. The monoisotopic (exact) mass is 493 g/mol. The second-order valence-electron chi connectivity index (χ2n) is 8.00. The summed E-state index contributed by atoms with van der Waals surface area (Å²) in [6.45, 7) is 5.58. The number of carbonyl (C=O) groups excluding carboxylic acids is 4. The Labute approximate surface area is 204 Å². The van der Waals surface area contributed by atoms with Crippen molar-refractivity contribution >= 4 is 33.3 Å². The van der Waals surface area contributed by atoms with Crippen molar-refractivity contribution in [1.82, 2.24) is 0 Å². The largest absolute Gasteiger partial charge is 0.744 e. The van der Waals surface area contributed by atoms with Crippen molar-refractivity contribution in [1.29, 1.82) is 0 Å². The molecule has 0 saturated heterocycles. The molecule has 0 unspecified atom stereocenters. The molecule has 8 heteroatoms. The second kappa shape index (κ2) is 11.6. The Morgan fingerprint density at radius 3 is 1.29 bits per heavy atom. The molecule has 3 aromatic carbocycles. The van der Waals surface area contributed by atoms with Crippen molar-refractivity contribution in [3.8, 4) is 0 Å². The molecule has 7 nitrogen and oxygen atoms in total. The predicted molar refractivity (Wildman–Crippen MR) is 130 cm³/mol. The molecule has 0 aliphatic carbocycles. The van der Waals surface area contributed by atoms with Crippen molar-refractivity contribution in [2.45, 2.75) is 39.0 Å². The molecule has 0 amide bonds. The number of benzene rings is 3. The zero-order chi connectivity index (χ0) is 26.3. The standard InChI is InChI=1S/C17H16O2.C10H10O5S/c1-12(18)16-7-3-5-14(10-16)9-15-6-4-8-17(11-15)13(2)19;1-6(11)8-3-9(7(2)12)5-10(4-8)16(13,14)15/h3-8,10-11H,9H2,1-2H3;3-5H,1-2H3,(H,13,14,15)/p-1. The highest BCUT2D eigenvalue weighted by atomic mass is 32.2. The van der Waals surface area contributed by atoms with Gasteiger partial charge in [-0.2, -0.15) is 0 Å². The lowest BCUT2D eigenvalue weighted by molar-refractivity contribution is 0.100. The van der Waals surface area contributed by atoms with Gasteiger partial charge in [-0.15, -0.1) is 0 Å². The van der Waals surface area contributed by atoms with E-state index >= 15 is 0 Å². The molecule has 0 saturated carbocycles. The van der Waals surface area contributed by atoms with E-state index in [0.717, 1.165) is 40.8 Å². The van der Waals surface area contributed by atoms with Gasteiger partial charge in [0.2, 0.25) is 0 Å². The molecule has 0 aliphatic heterocycles. The Bertz CT molecular complexity index is 1310. The van der Waals surface area contributed by atoms with Crippen molar-refractivity contribution in [3.05, 3.63) is 100 Å². The highest BCUT2D eigenvalue weighted by Gasteiger charge is 2.11. The molecule has 0 spiro atoms. The van der Waals surface area contributed by atoms with Crippen molar-refractivity contribution < 1.29 is 32.1 Å². The third-order valence-corrected chi connectivity index (χ3v) is 5.90. The highest BCUT2D eigenvalue weighted by molar-refractivity contribution is 7.85. The number of Topliss-reactive ketones (excluding diaryl/α,β-unsaturated/α-hetero) is 4. The van der Waals surface area contributed by atoms with Crippen molar-refractivity contribution in [2.75, 3.05) is 0 Å². The van der Waals surface area contributed by atoms with Crippen LogP contribution in [0.4, 0.5) is 0 Å². The van der Waals surface area contributed by atoms with Gasteiger partial charge in [-0.1, -0.05) is 36.4 Å². The molecule has 0 aromatic heterocycles. The van der Waals surface area contributed by atoms with Crippen LogP contribution in [0.2, 0.25) is 0 Å². The zero-order valence-electron chi connectivity index (χ0n) is 19.8. The minimum atomic E-state index is -4.67. The molecule has 182 valence electrons. The van der Waals surface area contributed by atoms with Gasteiger partial charge in [-0.3, -0.25) is 19.2 Å². The minimum absolute atomic E-state index is 0.0297. The topological polar surface area (TPSA) is 125 Å². The summed E-state index contributed by atoms with van der Waals surface area (Å²) in [6.07, 6.45) is 0.724. The van der Waals surface area contributed by atoms with E-state index in [0.29, 0.717) is 0 Å². The van der Waals surface area contributed by atoms with Crippen LogP contribution in [0, 0.1) is 0 Å². The van der Waals surface area contributed by atoms with Gasteiger partial charge in [0.15, 0.2) is 23.1 Å². The van der Waals surface area contributed by atoms with Crippen LogP contribution in [-0.4, -0.2) is 36.1 Å². The maximum atomic E-state index is 11.3. The van der Waals surface area contributed by atoms with E-state index in [1.165, 1.54) is 19.9 Å². The van der Waals surface area contributed by atoms with Crippen LogP contribution < -0.4 is 0 Å². The third-order valence-electron chi connectivity index (χ3n) is 5.08.